The molecule has 0 aliphatic heterocycles. The van der Waals surface area contributed by atoms with E-state index in [0.29, 0.717) is 17.8 Å². The zero-order valence-electron chi connectivity index (χ0n) is 10.2. The Morgan fingerprint density at radius 2 is 1.50 bits per heavy atom. The number of halogens is 3. The highest BCUT2D eigenvalue weighted by molar-refractivity contribution is 5.81. The minimum atomic E-state index is -4.75. The summed E-state index contributed by atoms with van der Waals surface area (Å²) in [6.07, 6.45) is 2.05. The number of nitrogens with one attached hydrogen (secondary N) is 1. The average Bonchev–Trinajstić information content (AvgIpc) is 2.22. The number of hydrogen-bond acceptors (Lipinski definition) is 1. The van der Waals surface area contributed by atoms with Crippen molar-refractivity contribution >= 4 is 5.91 Å². The van der Waals surface area contributed by atoms with Crippen molar-refractivity contribution in [3.63, 3.8) is 0 Å². The zero-order valence-corrected chi connectivity index (χ0v) is 10.2. The molecule has 0 heterocycles. The molecule has 0 aromatic rings. The van der Waals surface area contributed by atoms with Crippen LogP contribution in [0.1, 0.15) is 38.5 Å². The minimum Gasteiger partial charge on any atom is -0.348 e. The molecule has 4 aliphatic rings. The van der Waals surface area contributed by atoms with Gasteiger partial charge in [0, 0.05) is 6.54 Å². The maximum Gasteiger partial charge on any atom is 0.471 e. The van der Waals surface area contributed by atoms with E-state index in [1.165, 1.54) is 19.3 Å². The Morgan fingerprint density at radius 3 is 1.89 bits per heavy atom. The van der Waals surface area contributed by atoms with Gasteiger partial charge in [0.05, 0.1) is 0 Å². The van der Waals surface area contributed by atoms with E-state index >= 15 is 0 Å². The first-order valence-corrected chi connectivity index (χ1v) is 6.71. The number of rotatable bonds is 2. The lowest BCUT2D eigenvalue weighted by molar-refractivity contribution is -0.175. The van der Waals surface area contributed by atoms with Crippen LogP contribution in [0.15, 0.2) is 0 Å². The van der Waals surface area contributed by atoms with Crippen molar-refractivity contribution in [2.45, 2.75) is 44.7 Å². The molecule has 0 spiro atoms. The van der Waals surface area contributed by atoms with Crippen LogP contribution in [-0.2, 0) is 4.79 Å². The monoisotopic (exact) mass is 261 g/mol. The molecular weight excluding hydrogens is 243 g/mol. The van der Waals surface area contributed by atoms with Crippen LogP contribution in [0.5, 0.6) is 0 Å². The number of amides is 1. The molecule has 5 heteroatoms. The van der Waals surface area contributed by atoms with E-state index in [1.54, 1.807) is 0 Å². The maximum atomic E-state index is 12.2. The van der Waals surface area contributed by atoms with Gasteiger partial charge in [0.2, 0.25) is 0 Å². The molecule has 0 aromatic heterocycles. The molecule has 4 aliphatic carbocycles. The topological polar surface area (TPSA) is 29.1 Å². The highest BCUT2D eigenvalue weighted by Gasteiger charge is 2.51. The van der Waals surface area contributed by atoms with Gasteiger partial charge in [-0.3, -0.25) is 4.79 Å². The van der Waals surface area contributed by atoms with Crippen molar-refractivity contribution in [3.05, 3.63) is 0 Å². The third-order valence-electron chi connectivity index (χ3n) is 5.05. The van der Waals surface area contributed by atoms with Gasteiger partial charge in [0.25, 0.3) is 0 Å². The van der Waals surface area contributed by atoms with Crippen LogP contribution < -0.4 is 5.32 Å². The Hall–Kier alpha value is -0.740. The van der Waals surface area contributed by atoms with E-state index in [1.807, 2.05) is 0 Å². The fourth-order valence-corrected chi connectivity index (χ4v) is 4.87. The van der Waals surface area contributed by atoms with Gasteiger partial charge in [0.15, 0.2) is 0 Å². The van der Waals surface area contributed by atoms with E-state index in [-0.39, 0.29) is 12.0 Å². The summed E-state index contributed by atoms with van der Waals surface area (Å²) in [5, 5.41) is 2.12. The first-order chi connectivity index (χ1) is 8.36. The highest BCUT2D eigenvalue weighted by atomic mass is 19.4. The summed E-state index contributed by atoms with van der Waals surface area (Å²) in [5.41, 5.74) is -0.0321. The quantitative estimate of drug-likeness (QED) is 0.813. The van der Waals surface area contributed by atoms with E-state index in [0.717, 1.165) is 19.3 Å². The standard InChI is InChI=1S/C13H18F3NO/c14-13(15,16)11(18)17-7-12-4-8-1-9(5-12)3-10(2-8)6-12/h8-10H,1-7H2,(H,17,18). The van der Waals surface area contributed by atoms with E-state index in [9.17, 15) is 18.0 Å². The molecule has 1 N–H and O–H groups in total. The number of alkyl halides is 3. The van der Waals surface area contributed by atoms with Crippen molar-refractivity contribution in [1.82, 2.24) is 5.32 Å². The molecule has 4 saturated carbocycles. The lowest BCUT2D eigenvalue weighted by Crippen LogP contribution is -2.52. The average molecular weight is 261 g/mol. The second-order valence-electron chi connectivity index (χ2n) is 6.60. The second kappa shape index (κ2) is 3.87. The Kier molecular flexibility index (Phi) is 2.65. The summed E-state index contributed by atoms with van der Waals surface area (Å²) < 4.78 is 36.6. The summed E-state index contributed by atoms with van der Waals surface area (Å²) >= 11 is 0. The molecule has 4 bridgehead atoms. The summed E-state index contributed by atoms with van der Waals surface area (Å²) in [5.74, 6) is 0.301. The Balaban J connectivity index is 1.64. The van der Waals surface area contributed by atoms with Gasteiger partial charge >= 0.3 is 12.1 Å². The third-order valence-corrected chi connectivity index (χ3v) is 5.05. The first-order valence-electron chi connectivity index (χ1n) is 6.71. The molecule has 1 amide bonds. The Morgan fingerprint density at radius 1 is 1.06 bits per heavy atom. The molecule has 102 valence electrons. The normalized spacial score (nSPS) is 42.1. The first kappa shape index (κ1) is 12.3. The molecule has 0 aromatic carbocycles. The largest absolute Gasteiger partial charge is 0.471 e. The molecule has 0 atom stereocenters. The van der Waals surface area contributed by atoms with Crippen molar-refractivity contribution in [2.24, 2.45) is 23.2 Å². The van der Waals surface area contributed by atoms with Crippen molar-refractivity contribution in [1.29, 1.82) is 0 Å². The molecule has 0 unspecified atom stereocenters. The van der Waals surface area contributed by atoms with Gasteiger partial charge in [-0.2, -0.15) is 13.2 Å². The van der Waals surface area contributed by atoms with Gasteiger partial charge in [0.1, 0.15) is 0 Å². The zero-order chi connectivity index (χ0) is 13.0. The highest BCUT2D eigenvalue weighted by Crippen LogP contribution is 2.59. The summed E-state index contributed by atoms with van der Waals surface area (Å²) in [7, 11) is 0. The summed E-state index contributed by atoms with van der Waals surface area (Å²) in [6, 6.07) is 0. The van der Waals surface area contributed by atoms with Crippen LogP contribution in [-0.4, -0.2) is 18.6 Å². The van der Waals surface area contributed by atoms with Crippen LogP contribution in [0.2, 0.25) is 0 Å². The molecule has 18 heavy (non-hydrogen) atoms. The third kappa shape index (κ3) is 2.12. The van der Waals surface area contributed by atoms with Gasteiger partial charge in [-0.15, -0.1) is 0 Å². The Labute approximate surface area is 104 Å². The molecule has 0 radical (unpaired) electrons. The van der Waals surface area contributed by atoms with Gasteiger partial charge in [-0.25, -0.2) is 0 Å². The summed E-state index contributed by atoms with van der Waals surface area (Å²) in [4.78, 5) is 10.9. The molecule has 4 rings (SSSR count). The minimum absolute atomic E-state index is 0.0321. The van der Waals surface area contributed by atoms with Gasteiger partial charge in [-0.1, -0.05) is 0 Å². The van der Waals surface area contributed by atoms with Gasteiger partial charge < -0.3 is 5.32 Å². The van der Waals surface area contributed by atoms with Crippen LogP contribution in [0.4, 0.5) is 13.2 Å². The Bertz CT molecular complexity index is 328. The van der Waals surface area contributed by atoms with Crippen LogP contribution in [0, 0.1) is 23.2 Å². The summed E-state index contributed by atoms with van der Waals surface area (Å²) in [6.45, 7) is 0.217. The van der Waals surface area contributed by atoms with Crippen LogP contribution in [0.25, 0.3) is 0 Å². The lowest BCUT2D eigenvalue weighted by Gasteiger charge is -2.56. The van der Waals surface area contributed by atoms with Crippen LogP contribution in [0.3, 0.4) is 0 Å². The number of carbonyl (C=O) groups excluding carboxylic acids is 1. The fourth-order valence-electron chi connectivity index (χ4n) is 4.87. The van der Waals surface area contributed by atoms with Crippen molar-refractivity contribution in [2.75, 3.05) is 6.54 Å². The van der Waals surface area contributed by atoms with E-state index in [4.69, 9.17) is 0 Å². The molecular formula is C13H18F3NO. The maximum absolute atomic E-state index is 12.2. The van der Waals surface area contributed by atoms with Crippen molar-refractivity contribution in [3.8, 4) is 0 Å². The van der Waals surface area contributed by atoms with Crippen molar-refractivity contribution < 1.29 is 18.0 Å². The molecule has 4 fully saturated rings. The second-order valence-corrected chi connectivity index (χ2v) is 6.60. The number of carbonyl (C=O) groups is 1. The number of hydrogen-bond donors (Lipinski definition) is 1. The fraction of sp³-hybridized carbons (Fsp3) is 0.923. The van der Waals surface area contributed by atoms with Gasteiger partial charge in [-0.05, 0) is 61.7 Å². The molecule has 2 nitrogen and oxygen atoms in total. The smallest absolute Gasteiger partial charge is 0.348 e. The van der Waals surface area contributed by atoms with Crippen LogP contribution >= 0.6 is 0 Å². The lowest BCUT2D eigenvalue weighted by atomic mass is 9.49. The van der Waals surface area contributed by atoms with E-state index in [2.05, 4.69) is 5.32 Å². The molecule has 0 saturated heterocycles. The van der Waals surface area contributed by atoms with E-state index < -0.39 is 12.1 Å². The predicted octanol–water partition coefficient (Wildman–Crippen LogP) is 2.88. The predicted molar refractivity (Wildman–Crippen MR) is 59.7 cm³/mol. The SMILES string of the molecule is O=C(NCC12CC3CC(CC(C3)C1)C2)C(F)(F)F.